The molecular weight excluding hydrogens is 232 g/mol. The van der Waals surface area contributed by atoms with Crippen LogP contribution < -0.4 is 10.6 Å². The van der Waals surface area contributed by atoms with Gasteiger partial charge in [0.15, 0.2) is 0 Å². The Morgan fingerprint density at radius 3 is 2.56 bits per heavy atom. The van der Waals surface area contributed by atoms with E-state index in [1.165, 1.54) is 0 Å². The molecule has 3 N–H and O–H groups in total. The molecule has 104 valence electrons. The second-order valence-electron chi connectivity index (χ2n) is 5.92. The number of rotatable bonds is 5. The predicted molar refractivity (Wildman–Crippen MR) is 69.4 cm³/mol. The number of urea groups is 1. The van der Waals surface area contributed by atoms with Gasteiger partial charge in [-0.25, -0.2) is 4.79 Å². The summed E-state index contributed by atoms with van der Waals surface area (Å²) in [6, 6.07) is -0.329. The summed E-state index contributed by atoms with van der Waals surface area (Å²) in [6.07, 6.45) is 3.69. The molecule has 2 unspecified atom stereocenters. The molecule has 0 aliphatic heterocycles. The highest BCUT2D eigenvalue weighted by atomic mass is 16.4. The second-order valence-corrected chi connectivity index (χ2v) is 5.92. The molecule has 1 aliphatic rings. The van der Waals surface area contributed by atoms with Gasteiger partial charge in [0.2, 0.25) is 0 Å². The highest BCUT2D eigenvalue weighted by molar-refractivity contribution is 5.76. The van der Waals surface area contributed by atoms with E-state index in [1.54, 1.807) is 0 Å². The van der Waals surface area contributed by atoms with Crippen LogP contribution in [-0.2, 0) is 4.79 Å². The van der Waals surface area contributed by atoms with E-state index in [1.807, 2.05) is 6.92 Å². The van der Waals surface area contributed by atoms with Crippen LogP contribution in [0, 0.1) is 5.41 Å². The van der Waals surface area contributed by atoms with Gasteiger partial charge in [-0.3, -0.25) is 4.79 Å². The number of carboxylic acid groups (broad SMARTS) is 1. The molecule has 0 bridgehead atoms. The van der Waals surface area contributed by atoms with Gasteiger partial charge in [-0.05, 0) is 31.1 Å². The maximum absolute atomic E-state index is 11.7. The first kappa shape index (κ1) is 14.8. The van der Waals surface area contributed by atoms with Crippen LogP contribution in [0.1, 0.15) is 52.9 Å². The van der Waals surface area contributed by atoms with E-state index >= 15 is 0 Å². The Labute approximate surface area is 108 Å². The zero-order chi connectivity index (χ0) is 13.8. The maximum atomic E-state index is 11.7. The fourth-order valence-electron chi connectivity index (χ4n) is 2.48. The van der Waals surface area contributed by atoms with Gasteiger partial charge in [0.05, 0.1) is 6.42 Å². The van der Waals surface area contributed by atoms with Crippen molar-refractivity contribution in [2.24, 2.45) is 5.41 Å². The van der Waals surface area contributed by atoms with E-state index < -0.39 is 5.97 Å². The third kappa shape index (κ3) is 4.94. The van der Waals surface area contributed by atoms with Crippen LogP contribution in [0.15, 0.2) is 0 Å². The number of amides is 2. The minimum Gasteiger partial charge on any atom is -0.481 e. The highest BCUT2D eigenvalue weighted by Crippen LogP contribution is 2.36. The second kappa shape index (κ2) is 6.07. The van der Waals surface area contributed by atoms with Crippen molar-refractivity contribution in [3.63, 3.8) is 0 Å². The smallest absolute Gasteiger partial charge is 0.315 e. The summed E-state index contributed by atoms with van der Waals surface area (Å²) in [5.74, 6) is -0.885. The van der Waals surface area contributed by atoms with Gasteiger partial charge in [0.25, 0.3) is 0 Å². The molecule has 2 amide bonds. The molecule has 0 aromatic carbocycles. The minimum atomic E-state index is -0.885. The lowest BCUT2D eigenvalue weighted by Gasteiger charge is -2.20. The van der Waals surface area contributed by atoms with E-state index in [-0.39, 0.29) is 24.5 Å². The van der Waals surface area contributed by atoms with E-state index in [0.29, 0.717) is 11.8 Å². The van der Waals surface area contributed by atoms with Gasteiger partial charge in [-0.1, -0.05) is 20.8 Å². The van der Waals surface area contributed by atoms with Crippen LogP contribution in [0.4, 0.5) is 4.79 Å². The average Bonchev–Trinajstić information content (AvgIpc) is 2.56. The molecular formula is C13H24N2O3. The van der Waals surface area contributed by atoms with Crippen molar-refractivity contribution >= 4 is 12.0 Å². The topological polar surface area (TPSA) is 78.4 Å². The Morgan fingerprint density at radius 2 is 2.11 bits per heavy atom. The SMILES string of the molecule is CCC(CC(=O)O)NC(=O)NC1CCC(C)(C)C1. The molecule has 0 spiro atoms. The Morgan fingerprint density at radius 1 is 1.44 bits per heavy atom. The van der Waals surface area contributed by atoms with Gasteiger partial charge < -0.3 is 15.7 Å². The van der Waals surface area contributed by atoms with Crippen molar-refractivity contribution in [1.82, 2.24) is 10.6 Å². The number of nitrogens with one attached hydrogen (secondary N) is 2. The van der Waals surface area contributed by atoms with E-state index in [0.717, 1.165) is 19.3 Å². The fraction of sp³-hybridized carbons (Fsp3) is 0.846. The number of aliphatic carboxylic acids is 1. The molecule has 1 aliphatic carbocycles. The monoisotopic (exact) mass is 256 g/mol. The molecule has 18 heavy (non-hydrogen) atoms. The van der Waals surface area contributed by atoms with Crippen LogP contribution in [-0.4, -0.2) is 29.2 Å². The van der Waals surface area contributed by atoms with E-state index in [9.17, 15) is 9.59 Å². The highest BCUT2D eigenvalue weighted by Gasteiger charge is 2.31. The van der Waals surface area contributed by atoms with Crippen molar-refractivity contribution in [3.8, 4) is 0 Å². The first-order chi connectivity index (χ1) is 8.32. The predicted octanol–water partition coefficient (Wildman–Crippen LogP) is 2.12. The number of carbonyl (C=O) groups excluding carboxylic acids is 1. The molecule has 0 aromatic rings. The summed E-state index contributed by atoms with van der Waals surface area (Å²) in [5, 5.41) is 14.4. The molecule has 0 saturated heterocycles. The first-order valence-electron chi connectivity index (χ1n) is 6.61. The Bertz CT molecular complexity index is 315. The van der Waals surface area contributed by atoms with Crippen LogP contribution in [0.5, 0.6) is 0 Å². The molecule has 0 heterocycles. The largest absolute Gasteiger partial charge is 0.481 e. The Hall–Kier alpha value is -1.26. The molecule has 0 radical (unpaired) electrons. The standard InChI is InChI=1S/C13H24N2O3/c1-4-9(7-11(16)17)14-12(18)15-10-5-6-13(2,3)8-10/h9-10H,4-8H2,1-3H3,(H,16,17)(H2,14,15,18). The third-order valence-corrected chi connectivity index (χ3v) is 3.55. The number of carboxylic acids is 1. The number of hydrogen-bond donors (Lipinski definition) is 3. The van der Waals surface area contributed by atoms with Gasteiger partial charge in [0, 0.05) is 12.1 Å². The third-order valence-electron chi connectivity index (χ3n) is 3.55. The fourth-order valence-corrected chi connectivity index (χ4v) is 2.48. The lowest BCUT2D eigenvalue weighted by atomic mass is 9.92. The lowest BCUT2D eigenvalue weighted by molar-refractivity contribution is -0.137. The Balaban J connectivity index is 2.35. The summed E-state index contributed by atoms with van der Waals surface area (Å²) in [6.45, 7) is 6.27. The normalized spacial score (nSPS) is 23.4. The van der Waals surface area contributed by atoms with Crippen molar-refractivity contribution in [2.75, 3.05) is 0 Å². The maximum Gasteiger partial charge on any atom is 0.315 e. The van der Waals surface area contributed by atoms with Crippen molar-refractivity contribution in [3.05, 3.63) is 0 Å². The van der Waals surface area contributed by atoms with Gasteiger partial charge in [0.1, 0.15) is 0 Å². The lowest BCUT2D eigenvalue weighted by Crippen LogP contribution is -2.46. The molecule has 0 aromatic heterocycles. The molecule has 5 heteroatoms. The Kier molecular flexibility index (Phi) is 4.99. The van der Waals surface area contributed by atoms with Gasteiger partial charge >= 0.3 is 12.0 Å². The van der Waals surface area contributed by atoms with E-state index in [4.69, 9.17) is 5.11 Å². The molecule has 5 nitrogen and oxygen atoms in total. The first-order valence-corrected chi connectivity index (χ1v) is 6.61. The molecule has 1 rings (SSSR count). The van der Waals surface area contributed by atoms with Crippen LogP contribution in [0.3, 0.4) is 0 Å². The van der Waals surface area contributed by atoms with Crippen molar-refractivity contribution in [2.45, 2.75) is 65.0 Å². The van der Waals surface area contributed by atoms with Crippen molar-refractivity contribution < 1.29 is 14.7 Å². The van der Waals surface area contributed by atoms with Crippen LogP contribution in [0.25, 0.3) is 0 Å². The zero-order valence-electron chi connectivity index (χ0n) is 11.5. The summed E-state index contributed by atoms with van der Waals surface area (Å²) in [5.41, 5.74) is 0.295. The van der Waals surface area contributed by atoms with Crippen molar-refractivity contribution in [1.29, 1.82) is 0 Å². The number of carbonyl (C=O) groups is 2. The summed E-state index contributed by atoms with van der Waals surface area (Å²) in [4.78, 5) is 22.4. The summed E-state index contributed by atoms with van der Waals surface area (Å²) >= 11 is 0. The molecule has 1 saturated carbocycles. The molecule has 2 atom stereocenters. The van der Waals surface area contributed by atoms with E-state index in [2.05, 4.69) is 24.5 Å². The quantitative estimate of drug-likeness (QED) is 0.705. The average molecular weight is 256 g/mol. The minimum absolute atomic E-state index is 0.0277. The van der Waals surface area contributed by atoms with Crippen LogP contribution >= 0.6 is 0 Å². The van der Waals surface area contributed by atoms with Gasteiger partial charge in [-0.15, -0.1) is 0 Å². The summed E-state index contributed by atoms with van der Waals surface area (Å²) in [7, 11) is 0. The summed E-state index contributed by atoms with van der Waals surface area (Å²) < 4.78 is 0. The zero-order valence-corrected chi connectivity index (χ0v) is 11.5. The molecule has 1 fully saturated rings. The number of hydrogen-bond acceptors (Lipinski definition) is 2. The van der Waals surface area contributed by atoms with Gasteiger partial charge in [-0.2, -0.15) is 0 Å². The van der Waals surface area contributed by atoms with Crippen LogP contribution in [0.2, 0.25) is 0 Å².